The average Bonchev–Trinajstić information content (AvgIpc) is 3.58. The molecule has 0 spiro atoms. The van der Waals surface area contributed by atoms with Crippen molar-refractivity contribution in [1.29, 1.82) is 5.26 Å². The molecule has 0 unspecified atom stereocenters. The quantitative estimate of drug-likeness (QED) is 0.156. The second kappa shape index (κ2) is 20.0. The third-order valence-corrected chi connectivity index (χ3v) is 15.8. The van der Waals surface area contributed by atoms with Crippen LogP contribution in [0.1, 0.15) is 162 Å². The van der Waals surface area contributed by atoms with Gasteiger partial charge in [-0.25, -0.2) is 9.97 Å². The maximum Gasteiger partial charge on any atom is 0.149 e. The maximum absolute atomic E-state index is 13.0. The van der Waals surface area contributed by atoms with Crippen molar-refractivity contribution in [1.82, 2.24) is 19.1 Å². The molecule has 0 atom stereocenters. The van der Waals surface area contributed by atoms with Crippen molar-refractivity contribution in [2.75, 3.05) is 0 Å². The Labute approximate surface area is 469 Å². The zero-order valence-corrected chi connectivity index (χ0v) is 49.3. The van der Waals surface area contributed by atoms with E-state index < -0.39 is 10.8 Å². The zero-order valence-electron chi connectivity index (χ0n) is 49.3. The lowest BCUT2D eigenvalue weighted by Gasteiger charge is -2.30. The number of imidazole rings is 2. The molecule has 0 aliphatic carbocycles. The van der Waals surface area contributed by atoms with Crippen LogP contribution < -0.4 is 0 Å². The van der Waals surface area contributed by atoms with Crippen LogP contribution in [-0.2, 0) is 21.7 Å². The van der Waals surface area contributed by atoms with E-state index in [0.717, 1.165) is 89.3 Å². The van der Waals surface area contributed by atoms with Crippen LogP contribution in [0.4, 0.5) is 0 Å². The zero-order chi connectivity index (χ0) is 56.7. The first-order valence-electron chi connectivity index (χ1n) is 28.2. The van der Waals surface area contributed by atoms with E-state index in [9.17, 15) is 10.4 Å². The molecule has 0 aliphatic heterocycles. The third-order valence-electron chi connectivity index (χ3n) is 15.8. The van der Waals surface area contributed by atoms with Crippen LogP contribution >= 0.6 is 0 Å². The minimum atomic E-state index is -0.576. The van der Waals surface area contributed by atoms with E-state index in [0.29, 0.717) is 22.5 Å². The molecule has 8 aromatic carbocycles. The highest BCUT2D eigenvalue weighted by Crippen LogP contribution is 2.49. The van der Waals surface area contributed by atoms with Crippen molar-refractivity contribution >= 4 is 22.1 Å². The standard InChI is InChI=1S/C73H77N5O/c1-44(2)54-39-48(46-26-19-17-20-27-46)40-55(45(3)4)66(54)78-63-33-25-30-53(65(63)76-69(78)57-42-59(72(11,12)13)58(43-74)64(67(57)79)73(14,15)16)49-36-50(38-52(37-49)71(8,9)10)68-75-60-31-23-24-32-62(60)77(68)61-35-34-51(70(5,6)7)41-56(61)47-28-21-18-22-29-47/h17-42,44-45,79H,1-16H3. The lowest BCUT2D eigenvalue weighted by Crippen LogP contribution is -2.21. The Morgan fingerprint density at radius 1 is 0.456 bits per heavy atom. The van der Waals surface area contributed by atoms with Gasteiger partial charge in [0.2, 0.25) is 0 Å². The SMILES string of the molecule is CC(C)c1cc(-c2ccccc2)cc(C(C)C)c1-n1c(-c2cc(C(C)(C)C)c(C#N)c(C(C)(C)C)c2O)nc2c(-c3cc(-c4nc5ccccc5n4-c4ccc(C(C)(C)C)cc4-c4ccccc4)cc(C(C)(C)C)c3)cccc21. The minimum absolute atomic E-state index is 0.0629. The van der Waals surface area contributed by atoms with Crippen molar-refractivity contribution < 1.29 is 5.11 Å². The molecule has 2 aromatic heterocycles. The summed E-state index contributed by atoms with van der Waals surface area (Å²) in [6.07, 6.45) is 0. The summed E-state index contributed by atoms with van der Waals surface area (Å²) in [5, 5.41) is 24.0. The van der Waals surface area contributed by atoms with Gasteiger partial charge in [-0.05, 0) is 144 Å². The number of nitrogens with zero attached hydrogens (tertiary/aromatic N) is 5. The molecule has 0 aliphatic rings. The second-order valence-electron chi connectivity index (χ2n) is 26.5. The lowest BCUT2D eigenvalue weighted by molar-refractivity contribution is 0.445. The molecule has 0 saturated heterocycles. The Bertz CT molecular complexity index is 3970. The summed E-state index contributed by atoms with van der Waals surface area (Å²) in [7, 11) is 0. The van der Waals surface area contributed by atoms with E-state index in [1.807, 2.05) is 6.07 Å². The topological polar surface area (TPSA) is 79.7 Å². The molecule has 0 amide bonds. The Kier molecular flexibility index (Phi) is 13.8. The van der Waals surface area contributed by atoms with Crippen molar-refractivity contribution in [3.8, 4) is 79.3 Å². The van der Waals surface area contributed by atoms with E-state index in [1.165, 1.54) is 16.7 Å². The summed E-state index contributed by atoms with van der Waals surface area (Å²) in [6.45, 7) is 35.4. The molecule has 400 valence electrons. The van der Waals surface area contributed by atoms with Gasteiger partial charge in [0.15, 0.2) is 0 Å². The fraction of sp³-hybridized carbons (Fsp3) is 0.301. The summed E-state index contributed by atoms with van der Waals surface area (Å²) in [6, 6.07) is 59.5. The first kappa shape index (κ1) is 54.3. The van der Waals surface area contributed by atoms with E-state index in [2.05, 4.69) is 278 Å². The number of aromatic nitrogens is 4. The van der Waals surface area contributed by atoms with Crippen LogP contribution in [0.15, 0.2) is 158 Å². The van der Waals surface area contributed by atoms with Crippen molar-refractivity contribution in [2.45, 2.75) is 144 Å². The van der Waals surface area contributed by atoms with Gasteiger partial charge >= 0.3 is 0 Å². The van der Waals surface area contributed by atoms with Crippen LogP contribution in [0.5, 0.6) is 5.75 Å². The van der Waals surface area contributed by atoms with Crippen LogP contribution in [0.3, 0.4) is 0 Å². The summed E-state index contributed by atoms with van der Waals surface area (Å²) in [4.78, 5) is 11.4. The molecule has 10 aromatic rings. The van der Waals surface area contributed by atoms with Crippen molar-refractivity contribution in [2.24, 2.45) is 0 Å². The van der Waals surface area contributed by atoms with Crippen LogP contribution in [-0.4, -0.2) is 24.2 Å². The van der Waals surface area contributed by atoms with Gasteiger partial charge < -0.3 is 5.11 Å². The molecule has 10 rings (SSSR count). The molecule has 6 heteroatoms. The van der Waals surface area contributed by atoms with Gasteiger partial charge in [0.1, 0.15) is 17.4 Å². The van der Waals surface area contributed by atoms with E-state index >= 15 is 0 Å². The lowest BCUT2D eigenvalue weighted by atomic mass is 9.75. The van der Waals surface area contributed by atoms with Gasteiger partial charge in [-0.2, -0.15) is 5.26 Å². The highest BCUT2D eigenvalue weighted by Gasteiger charge is 2.34. The van der Waals surface area contributed by atoms with Gasteiger partial charge in [0.05, 0.1) is 50.6 Å². The molecule has 0 saturated carbocycles. The number of benzene rings is 8. The highest BCUT2D eigenvalue weighted by molar-refractivity contribution is 5.98. The Hall–Kier alpha value is -8.01. The molecule has 1 N–H and O–H groups in total. The minimum Gasteiger partial charge on any atom is -0.507 e. The van der Waals surface area contributed by atoms with Gasteiger partial charge in [-0.3, -0.25) is 9.13 Å². The fourth-order valence-electron chi connectivity index (χ4n) is 11.5. The third kappa shape index (κ3) is 9.99. The van der Waals surface area contributed by atoms with E-state index in [4.69, 9.17) is 9.97 Å². The summed E-state index contributed by atoms with van der Waals surface area (Å²) in [5.41, 5.74) is 19.4. The fourth-order valence-corrected chi connectivity index (χ4v) is 11.5. The normalized spacial score (nSPS) is 12.6. The van der Waals surface area contributed by atoms with E-state index in [1.54, 1.807) is 0 Å². The molecular weight excluding hydrogens is 963 g/mol. The van der Waals surface area contributed by atoms with Crippen LogP contribution in [0.25, 0.3) is 89.6 Å². The first-order chi connectivity index (χ1) is 37.3. The Morgan fingerprint density at radius 2 is 1.04 bits per heavy atom. The molecule has 0 radical (unpaired) electrons. The number of hydrogen-bond acceptors (Lipinski definition) is 4. The molecule has 2 heterocycles. The van der Waals surface area contributed by atoms with Gasteiger partial charge in [0.25, 0.3) is 0 Å². The van der Waals surface area contributed by atoms with Crippen LogP contribution in [0, 0.1) is 11.3 Å². The van der Waals surface area contributed by atoms with Gasteiger partial charge in [-0.15, -0.1) is 0 Å². The Balaban J connectivity index is 1.33. The summed E-state index contributed by atoms with van der Waals surface area (Å²) in [5.74, 6) is 1.78. The number of phenols is 1. The van der Waals surface area contributed by atoms with Crippen molar-refractivity contribution in [3.63, 3.8) is 0 Å². The van der Waals surface area contributed by atoms with Crippen LogP contribution in [0.2, 0.25) is 0 Å². The molecule has 0 fully saturated rings. The number of nitriles is 1. The first-order valence-corrected chi connectivity index (χ1v) is 28.2. The Morgan fingerprint density at radius 3 is 1.62 bits per heavy atom. The number of aromatic hydroxyl groups is 1. The number of para-hydroxylation sites is 3. The maximum atomic E-state index is 13.0. The van der Waals surface area contributed by atoms with Gasteiger partial charge in [-0.1, -0.05) is 208 Å². The predicted octanol–water partition coefficient (Wildman–Crippen LogP) is 19.7. The smallest absolute Gasteiger partial charge is 0.149 e. The monoisotopic (exact) mass is 1040 g/mol. The number of fused-ring (bicyclic) bond motifs is 2. The number of rotatable bonds is 9. The molecule has 6 nitrogen and oxygen atoms in total. The highest BCUT2D eigenvalue weighted by atomic mass is 16.3. The molecular formula is C73H77N5O. The summed E-state index contributed by atoms with van der Waals surface area (Å²) >= 11 is 0. The second-order valence-corrected chi connectivity index (χ2v) is 26.5. The number of hydrogen-bond donors (Lipinski definition) is 1. The van der Waals surface area contributed by atoms with Gasteiger partial charge in [0, 0.05) is 22.3 Å². The summed E-state index contributed by atoms with van der Waals surface area (Å²) < 4.78 is 4.69. The van der Waals surface area contributed by atoms with E-state index in [-0.39, 0.29) is 28.4 Å². The molecule has 0 bridgehead atoms. The predicted molar refractivity (Wildman–Crippen MR) is 332 cm³/mol. The van der Waals surface area contributed by atoms with Crippen molar-refractivity contribution in [3.05, 3.63) is 197 Å². The molecule has 79 heavy (non-hydrogen) atoms. The average molecular weight is 1040 g/mol. The largest absolute Gasteiger partial charge is 0.507 e. The number of phenolic OH excluding ortho intramolecular Hbond substituents is 1.